The summed E-state index contributed by atoms with van der Waals surface area (Å²) in [6.45, 7) is 4.73. The molecule has 3 N–H and O–H groups in total. The highest BCUT2D eigenvalue weighted by Gasteiger charge is 2.24. The van der Waals surface area contributed by atoms with E-state index < -0.39 is 0 Å². The highest BCUT2D eigenvalue weighted by Crippen LogP contribution is 2.25. The summed E-state index contributed by atoms with van der Waals surface area (Å²) in [5.41, 5.74) is 7.23. The van der Waals surface area contributed by atoms with Crippen molar-refractivity contribution in [3.63, 3.8) is 0 Å². The third-order valence-electron chi connectivity index (χ3n) is 3.52. The van der Waals surface area contributed by atoms with Crippen LogP contribution in [0.2, 0.25) is 0 Å². The maximum absolute atomic E-state index is 5.87. The van der Waals surface area contributed by atoms with Crippen LogP contribution in [0.15, 0.2) is 6.33 Å². The van der Waals surface area contributed by atoms with E-state index in [1.807, 2.05) is 0 Å². The van der Waals surface area contributed by atoms with Gasteiger partial charge in [0.15, 0.2) is 11.5 Å². The average molecular weight is 276 g/mol. The van der Waals surface area contributed by atoms with Crippen LogP contribution in [0.4, 0.5) is 11.8 Å². The van der Waals surface area contributed by atoms with E-state index in [4.69, 9.17) is 10.5 Å². The Morgan fingerprint density at radius 2 is 2.40 bits per heavy atom. The molecule has 7 nitrogen and oxygen atoms in total. The average Bonchev–Trinajstić information content (AvgIpc) is 2.92. The second-order valence-corrected chi connectivity index (χ2v) is 5.09. The van der Waals surface area contributed by atoms with Gasteiger partial charge in [-0.3, -0.25) is 0 Å². The van der Waals surface area contributed by atoms with Crippen LogP contribution < -0.4 is 10.6 Å². The third-order valence-corrected chi connectivity index (χ3v) is 3.52. The van der Waals surface area contributed by atoms with Gasteiger partial charge in [-0.15, -0.1) is 0 Å². The Hall–Kier alpha value is -1.89. The number of rotatable bonds is 4. The molecule has 108 valence electrons. The molecule has 1 aliphatic heterocycles. The fourth-order valence-electron chi connectivity index (χ4n) is 2.61. The maximum Gasteiger partial charge on any atom is 0.224 e. The van der Waals surface area contributed by atoms with E-state index >= 15 is 0 Å². The largest absolute Gasteiger partial charge is 0.376 e. The summed E-state index contributed by atoms with van der Waals surface area (Å²) >= 11 is 0. The molecule has 0 saturated carbocycles. The van der Waals surface area contributed by atoms with Crippen LogP contribution >= 0.6 is 0 Å². The molecule has 3 rings (SSSR count). The molecular formula is C13H20N6O. The fourth-order valence-corrected chi connectivity index (χ4v) is 2.61. The van der Waals surface area contributed by atoms with Crippen molar-refractivity contribution in [2.24, 2.45) is 0 Å². The van der Waals surface area contributed by atoms with E-state index in [1.54, 1.807) is 6.33 Å². The molecule has 20 heavy (non-hydrogen) atoms. The Labute approximate surface area is 117 Å². The lowest BCUT2D eigenvalue weighted by molar-refractivity contribution is 0.0439. The second kappa shape index (κ2) is 5.62. The number of nitrogens with two attached hydrogens (primary N) is 1. The van der Waals surface area contributed by atoms with Crippen LogP contribution in [-0.4, -0.2) is 45.7 Å². The SMILES string of the molecule is CCCOC1CCCN(c2nc(N)nc3nc[nH]c23)C1. The van der Waals surface area contributed by atoms with Gasteiger partial charge in [-0.25, -0.2) is 4.98 Å². The topological polar surface area (TPSA) is 92.9 Å². The van der Waals surface area contributed by atoms with Gasteiger partial charge in [0, 0.05) is 19.7 Å². The van der Waals surface area contributed by atoms with Crippen molar-refractivity contribution in [2.75, 3.05) is 30.3 Å². The van der Waals surface area contributed by atoms with Crippen molar-refractivity contribution >= 4 is 22.9 Å². The summed E-state index contributed by atoms with van der Waals surface area (Å²) in [5, 5.41) is 0. The van der Waals surface area contributed by atoms with Gasteiger partial charge < -0.3 is 20.4 Å². The number of nitrogens with zero attached hydrogens (tertiary/aromatic N) is 4. The molecule has 1 fully saturated rings. The summed E-state index contributed by atoms with van der Waals surface area (Å²) in [4.78, 5) is 18.0. The highest BCUT2D eigenvalue weighted by molar-refractivity contribution is 5.84. The van der Waals surface area contributed by atoms with Crippen molar-refractivity contribution in [2.45, 2.75) is 32.3 Å². The molecule has 0 amide bonds. The third kappa shape index (κ3) is 2.53. The van der Waals surface area contributed by atoms with Gasteiger partial charge in [-0.2, -0.15) is 9.97 Å². The van der Waals surface area contributed by atoms with Crippen molar-refractivity contribution in [1.29, 1.82) is 0 Å². The monoisotopic (exact) mass is 276 g/mol. The number of nitrogens with one attached hydrogen (secondary N) is 1. The van der Waals surface area contributed by atoms with Gasteiger partial charge in [-0.05, 0) is 19.3 Å². The number of anilines is 2. The lowest BCUT2D eigenvalue weighted by atomic mass is 10.1. The molecule has 0 aromatic carbocycles. The zero-order valence-corrected chi connectivity index (χ0v) is 11.7. The number of aromatic nitrogens is 4. The Balaban J connectivity index is 1.84. The molecule has 2 aromatic heterocycles. The minimum absolute atomic E-state index is 0.260. The Morgan fingerprint density at radius 3 is 3.25 bits per heavy atom. The normalized spacial score (nSPS) is 19.6. The van der Waals surface area contributed by atoms with Crippen molar-refractivity contribution in [1.82, 2.24) is 19.9 Å². The fraction of sp³-hybridized carbons (Fsp3) is 0.615. The minimum Gasteiger partial charge on any atom is -0.376 e. The predicted octanol–water partition coefficient (Wildman–Crippen LogP) is 1.33. The van der Waals surface area contributed by atoms with Crippen molar-refractivity contribution in [3.8, 4) is 0 Å². The first-order valence-electron chi connectivity index (χ1n) is 7.11. The Bertz CT molecular complexity index is 583. The zero-order chi connectivity index (χ0) is 13.9. The van der Waals surface area contributed by atoms with Crippen LogP contribution in [0.3, 0.4) is 0 Å². The Morgan fingerprint density at radius 1 is 1.50 bits per heavy atom. The van der Waals surface area contributed by atoms with Gasteiger partial charge in [0.1, 0.15) is 5.52 Å². The molecule has 3 heterocycles. The second-order valence-electron chi connectivity index (χ2n) is 5.09. The van der Waals surface area contributed by atoms with Gasteiger partial charge in [0.05, 0.1) is 12.4 Å². The lowest BCUT2D eigenvalue weighted by Crippen LogP contribution is -2.40. The summed E-state index contributed by atoms with van der Waals surface area (Å²) in [7, 11) is 0. The molecule has 1 saturated heterocycles. The molecule has 1 aliphatic rings. The first kappa shape index (κ1) is 13.1. The number of hydrogen-bond acceptors (Lipinski definition) is 6. The smallest absolute Gasteiger partial charge is 0.224 e. The zero-order valence-electron chi connectivity index (χ0n) is 11.7. The van der Waals surface area contributed by atoms with E-state index in [2.05, 4.69) is 31.8 Å². The van der Waals surface area contributed by atoms with E-state index in [0.717, 1.165) is 50.3 Å². The van der Waals surface area contributed by atoms with Crippen LogP contribution in [0.1, 0.15) is 26.2 Å². The van der Waals surface area contributed by atoms with Crippen molar-refractivity contribution < 1.29 is 4.74 Å². The van der Waals surface area contributed by atoms with E-state index in [-0.39, 0.29) is 12.1 Å². The van der Waals surface area contributed by atoms with Crippen LogP contribution in [-0.2, 0) is 4.74 Å². The molecule has 2 aromatic rings. The number of imidazole rings is 1. The molecule has 1 atom stereocenters. The van der Waals surface area contributed by atoms with Crippen LogP contribution in [0.25, 0.3) is 11.2 Å². The molecular weight excluding hydrogens is 256 g/mol. The van der Waals surface area contributed by atoms with Crippen LogP contribution in [0.5, 0.6) is 0 Å². The predicted molar refractivity (Wildman–Crippen MR) is 77.6 cm³/mol. The van der Waals surface area contributed by atoms with E-state index in [0.29, 0.717) is 5.65 Å². The molecule has 7 heteroatoms. The first-order valence-corrected chi connectivity index (χ1v) is 7.11. The minimum atomic E-state index is 0.260. The lowest BCUT2D eigenvalue weighted by Gasteiger charge is -2.33. The maximum atomic E-state index is 5.87. The molecule has 0 spiro atoms. The summed E-state index contributed by atoms with van der Waals surface area (Å²) in [6, 6.07) is 0. The van der Waals surface area contributed by atoms with Gasteiger partial charge >= 0.3 is 0 Å². The van der Waals surface area contributed by atoms with E-state index in [9.17, 15) is 0 Å². The quantitative estimate of drug-likeness (QED) is 0.875. The van der Waals surface area contributed by atoms with Crippen LogP contribution in [0, 0.1) is 0 Å². The number of hydrogen-bond donors (Lipinski definition) is 2. The number of fused-ring (bicyclic) bond motifs is 1. The summed E-state index contributed by atoms with van der Waals surface area (Å²) in [6.07, 6.45) is 5.12. The van der Waals surface area contributed by atoms with Gasteiger partial charge in [0.2, 0.25) is 5.95 Å². The summed E-state index contributed by atoms with van der Waals surface area (Å²) in [5.74, 6) is 1.09. The number of aromatic amines is 1. The number of piperidine rings is 1. The first-order chi connectivity index (χ1) is 9.78. The number of H-pyrrole nitrogens is 1. The highest BCUT2D eigenvalue weighted by atomic mass is 16.5. The standard InChI is InChI=1S/C13H20N6O/c1-2-6-20-9-4-3-5-19(7-9)12-10-11(16-8-15-10)17-13(14)18-12/h8-9H,2-7H2,1H3,(H3,14,15,16,17,18). The van der Waals surface area contributed by atoms with E-state index in [1.165, 1.54) is 0 Å². The number of ether oxygens (including phenoxy) is 1. The summed E-state index contributed by atoms with van der Waals surface area (Å²) < 4.78 is 5.87. The molecule has 0 radical (unpaired) electrons. The van der Waals surface area contributed by atoms with Crippen molar-refractivity contribution in [3.05, 3.63) is 6.33 Å². The van der Waals surface area contributed by atoms with Gasteiger partial charge in [-0.1, -0.05) is 6.92 Å². The molecule has 0 bridgehead atoms. The Kier molecular flexibility index (Phi) is 3.68. The number of nitrogen functional groups attached to an aromatic ring is 1. The molecule has 1 unspecified atom stereocenters. The van der Waals surface area contributed by atoms with Gasteiger partial charge in [0.25, 0.3) is 0 Å². The molecule has 0 aliphatic carbocycles.